The number of nitrogens with one attached hydrogen (secondary N) is 1. The first-order chi connectivity index (χ1) is 24.2. The lowest BCUT2D eigenvalue weighted by Gasteiger charge is -2.24. The molecule has 1 aliphatic rings. The second-order valence-electron chi connectivity index (χ2n) is 12.6. The molecule has 1 atom stereocenters. The molecule has 0 radical (unpaired) electrons. The van der Waals surface area contributed by atoms with E-state index in [0.717, 1.165) is 55.6 Å². The van der Waals surface area contributed by atoms with Crippen molar-refractivity contribution in [1.29, 1.82) is 0 Å². The van der Waals surface area contributed by atoms with E-state index in [4.69, 9.17) is 14.4 Å². The van der Waals surface area contributed by atoms with Gasteiger partial charge in [-0.15, -0.1) is 0 Å². The van der Waals surface area contributed by atoms with Crippen LogP contribution in [0.25, 0.3) is 65.4 Å². The maximum absolute atomic E-state index is 6.22. The molecule has 1 aliphatic heterocycles. The van der Waals surface area contributed by atoms with E-state index in [2.05, 4.69) is 151 Å². The van der Waals surface area contributed by atoms with Crippen LogP contribution in [0.3, 0.4) is 0 Å². The zero-order valence-corrected chi connectivity index (χ0v) is 26.5. The van der Waals surface area contributed by atoms with Crippen LogP contribution in [0, 0.1) is 0 Å². The summed E-state index contributed by atoms with van der Waals surface area (Å²) in [4.78, 5) is 10.5. The molecule has 0 amide bonds. The lowest BCUT2D eigenvalue weighted by molar-refractivity contribution is 0.669. The van der Waals surface area contributed by atoms with Gasteiger partial charge in [-0.05, 0) is 79.3 Å². The van der Waals surface area contributed by atoms with E-state index >= 15 is 0 Å². The predicted molar refractivity (Wildman–Crippen MR) is 204 cm³/mol. The molecule has 9 aromatic rings. The van der Waals surface area contributed by atoms with Gasteiger partial charge in [-0.1, -0.05) is 133 Å². The summed E-state index contributed by atoms with van der Waals surface area (Å²) in [7, 11) is 0. The summed E-state index contributed by atoms with van der Waals surface area (Å²) in [5.41, 5.74) is 7.06. The van der Waals surface area contributed by atoms with Crippen LogP contribution >= 0.6 is 0 Å². The Labute approximate surface area is 282 Å². The Morgan fingerprint density at radius 3 is 2.08 bits per heavy atom. The van der Waals surface area contributed by atoms with Crippen LogP contribution in [0.2, 0.25) is 0 Å². The molecule has 0 fully saturated rings. The number of hydrogen-bond acceptors (Lipinski definition) is 4. The van der Waals surface area contributed by atoms with Crippen LogP contribution in [0.4, 0.5) is 0 Å². The van der Waals surface area contributed by atoms with E-state index in [0.29, 0.717) is 5.84 Å². The van der Waals surface area contributed by atoms with E-state index < -0.39 is 0 Å². The molecule has 0 saturated heterocycles. The van der Waals surface area contributed by atoms with Crippen molar-refractivity contribution in [3.63, 3.8) is 0 Å². The van der Waals surface area contributed by atoms with E-state index in [-0.39, 0.29) is 6.17 Å². The van der Waals surface area contributed by atoms with Gasteiger partial charge in [0.05, 0.1) is 0 Å². The minimum atomic E-state index is -0.319. The van der Waals surface area contributed by atoms with E-state index in [1.54, 1.807) is 0 Å². The van der Waals surface area contributed by atoms with Gasteiger partial charge in [-0.2, -0.15) is 0 Å². The van der Waals surface area contributed by atoms with Gasteiger partial charge < -0.3 is 9.73 Å². The van der Waals surface area contributed by atoms with Crippen molar-refractivity contribution in [3.8, 4) is 11.1 Å². The van der Waals surface area contributed by atoms with Crippen molar-refractivity contribution < 1.29 is 4.42 Å². The molecule has 0 spiro atoms. The molecule has 1 unspecified atom stereocenters. The number of para-hydroxylation sites is 1. The minimum absolute atomic E-state index is 0.319. The molecule has 4 nitrogen and oxygen atoms in total. The Morgan fingerprint density at radius 2 is 1.16 bits per heavy atom. The van der Waals surface area contributed by atoms with Gasteiger partial charge in [0.25, 0.3) is 0 Å². The highest BCUT2D eigenvalue weighted by Gasteiger charge is 2.22. The zero-order valence-electron chi connectivity index (χ0n) is 26.5. The van der Waals surface area contributed by atoms with Crippen molar-refractivity contribution in [2.75, 3.05) is 0 Å². The maximum atomic E-state index is 6.22. The molecule has 0 aliphatic carbocycles. The highest BCUT2D eigenvalue weighted by Crippen LogP contribution is 2.37. The van der Waals surface area contributed by atoms with E-state index in [1.165, 1.54) is 32.3 Å². The number of amidine groups is 2. The van der Waals surface area contributed by atoms with Gasteiger partial charge in [-0.25, -0.2) is 9.98 Å². The van der Waals surface area contributed by atoms with Gasteiger partial charge in [0.2, 0.25) is 0 Å². The monoisotopic (exact) mass is 627 g/mol. The fraction of sp³-hybridized carbons (Fsp3) is 0.0222. The molecular formula is C45H29N3O. The molecule has 49 heavy (non-hydrogen) atoms. The molecule has 1 N–H and O–H groups in total. The van der Waals surface area contributed by atoms with Gasteiger partial charge in [0, 0.05) is 21.9 Å². The SMILES string of the molecule is c1cc(C2=NC(c3ccc4ccc5ccccc5c4c3)=NC(c3ccc4ccccc4c3)N2)cc(-c2cccc3oc4ccccc4c23)c1. The highest BCUT2D eigenvalue weighted by atomic mass is 16.3. The van der Waals surface area contributed by atoms with E-state index in [1.807, 2.05) is 18.2 Å². The topological polar surface area (TPSA) is 49.9 Å². The number of hydrogen-bond donors (Lipinski definition) is 1. The lowest BCUT2D eigenvalue weighted by atomic mass is 9.97. The summed E-state index contributed by atoms with van der Waals surface area (Å²) in [6, 6.07) is 57.6. The molecular weight excluding hydrogens is 599 g/mol. The Kier molecular flexibility index (Phi) is 6.21. The second kappa shape index (κ2) is 11.0. The average molecular weight is 628 g/mol. The molecule has 10 rings (SSSR count). The Balaban J connectivity index is 1.13. The summed E-state index contributed by atoms with van der Waals surface area (Å²) in [5, 5.41) is 13.1. The number of benzene rings is 8. The van der Waals surface area contributed by atoms with Crippen LogP contribution < -0.4 is 5.32 Å². The number of aliphatic imine (C=N–C) groups is 2. The second-order valence-corrected chi connectivity index (χ2v) is 12.6. The Morgan fingerprint density at radius 1 is 0.469 bits per heavy atom. The van der Waals surface area contributed by atoms with Gasteiger partial charge in [0.1, 0.15) is 23.2 Å². The van der Waals surface area contributed by atoms with Crippen LogP contribution in [-0.4, -0.2) is 11.7 Å². The predicted octanol–water partition coefficient (Wildman–Crippen LogP) is 11.2. The largest absolute Gasteiger partial charge is 0.456 e. The summed E-state index contributed by atoms with van der Waals surface area (Å²) in [5.74, 6) is 1.49. The minimum Gasteiger partial charge on any atom is -0.456 e. The maximum Gasteiger partial charge on any atom is 0.159 e. The van der Waals surface area contributed by atoms with Gasteiger partial charge in [0.15, 0.2) is 5.84 Å². The van der Waals surface area contributed by atoms with Crippen LogP contribution in [0.5, 0.6) is 0 Å². The average Bonchev–Trinajstić information content (AvgIpc) is 3.56. The van der Waals surface area contributed by atoms with Crippen LogP contribution in [0.15, 0.2) is 178 Å². The molecule has 0 bridgehead atoms. The van der Waals surface area contributed by atoms with Crippen molar-refractivity contribution in [2.24, 2.45) is 9.98 Å². The molecule has 2 heterocycles. The van der Waals surface area contributed by atoms with Crippen molar-refractivity contribution in [3.05, 3.63) is 180 Å². The molecule has 0 saturated carbocycles. The van der Waals surface area contributed by atoms with Crippen molar-refractivity contribution in [1.82, 2.24) is 5.32 Å². The summed E-state index contributed by atoms with van der Waals surface area (Å²) in [6.07, 6.45) is -0.319. The summed E-state index contributed by atoms with van der Waals surface area (Å²) < 4.78 is 6.22. The third-order valence-corrected chi connectivity index (χ3v) is 9.69. The number of nitrogens with zero attached hydrogens (tertiary/aromatic N) is 2. The fourth-order valence-electron chi connectivity index (χ4n) is 7.26. The fourth-order valence-corrected chi connectivity index (χ4v) is 7.26. The van der Waals surface area contributed by atoms with Crippen LogP contribution in [-0.2, 0) is 0 Å². The number of fused-ring (bicyclic) bond motifs is 7. The first kappa shape index (κ1) is 27.6. The zero-order chi connectivity index (χ0) is 32.3. The molecule has 4 heteroatoms. The smallest absolute Gasteiger partial charge is 0.159 e. The summed E-state index contributed by atoms with van der Waals surface area (Å²) in [6.45, 7) is 0. The normalized spacial score (nSPS) is 14.7. The highest BCUT2D eigenvalue weighted by molar-refractivity contribution is 6.17. The Bertz CT molecular complexity index is 2820. The number of rotatable bonds is 4. The standard InChI is InChI=1S/C45H29N3O/c1-2-11-31-25-34(23-19-28(31)9-1)44-46-43(47-45(48-44)35-24-22-30-21-20-29-10-3-4-14-36(29)39(30)27-35)33-13-7-12-32(26-33)37-16-8-18-41-42(37)38-15-5-6-17-40(38)49-41/h1-27,44H,(H,46,47,48). The van der Waals surface area contributed by atoms with Crippen molar-refractivity contribution in [2.45, 2.75) is 6.17 Å². The third kappa shape index (κ3) is 4.68. The third-order valence-electron chi connectivity index (χ3n) is 9.69. The quantitative estimate of drug-likeness (QED) is 0.197. The van der Waals surface area contributed by atoms with Crippen molar-refractivity contribution >= 4 is 65.9 Å². The van der Waals surface area contributed by atoms with Gasteiger partial charge in [-0.3, -0.25) is 0 Å². The first-order valence-corrected chi connectivity index (χ1v) is 16.6. The lowest BCUT2D eigenvalue weighted by Crippen LogP contribution is -2.33. The summed E-state index contributed by atoms with van der Waals surface area (Å²) >= 11 is 0. The molecule has 230 valence electrons. The molecule has 8 aromatic carbocycles. The number of furan rings is 1. The first-order valence-electron chi connectivity index (χ1n) is 16.6. The van der Waals surface area contributed by atoms with Gasteiger partial charge >= 0.3 is 0 Å². The van der Waals surface area contributed by atoms with Crippen LogP contribution in [0.1, 0.15) is 22.9 Å². The van der Waals surface area contributed by atoms with E-state index in [9.17, 15) is 0 Å². The Hall–Kier alpha value is -6.52. The molecule has 1 aromatic heterocycles.